The molecule has 1 N–H and O–H groups in total. The number of hydrogen-bond acceptors (Lipinski definition) is 6. The Bertz CT molecular complexity index is 828. The quantitative estimate of drug-likeness (QED) is 0.679. The number of aromatic nitrogens is 1. The number of halogens is 1. The Kier molecular flexibility index (Phi) is 6.96. The molecule has 2 heterocycles. The summed E-state index contributed by atoms with van der Waals surface area (Å²) in [6.45, 7) is 9.00. The van der Waals surface area contributed by atoms with Gasteiger partial charge in [0.25, 0.3) is 0 Å². The lowest BCUT2D eigenvalue weighted by Gasteiger charge is -2.37. The SMILES string of the molecule is CC(C)Oc1cc(F)ccc1N1CCN(CCCCn2c(O)csc2=O)CC1. The first-order valence-electron chi connectivity index (χ1n) is 9.75. The zero-order chi connectivity index (χ0) is 20.1. The molecule has 28 heavy (non-hydrogen) atoms. The van der Waals surface area contributed by atoms with Gasteiger partial charge >= 0.3 is 4.87 Å². The van der Waals surface area contributed by atoms with Crippen LogP contribution in [0.1, 0.15) is 26.7 Å². The molecule has 0 saturated carbocycles. The van der Waals surface area contributed by atoms with Gasteiger partial charge in [0, 0.05) is 38.8 Å². The number of ether oxygens (including phenoxy) is 1. The Balaban J connectivity index is 1.46. The molecule has 1 aliphatic heterocycles. The van der Waals surface area contributed by atoms with E-state index in [0.29, 0.717) is 12.3 Å². The van der Waals surface area contributed by atoms with Crippen molar-refractivity contribution in [3.05, 3.63) is 39.1 Å². The molecule has 1 aliphatic rings. The van der Waals surface area contributed by atoms with Gasteiger partial charge in [0.15, 0.2) is 0 Å². The van der Waals surface area contributed by atoms with Crippen LogP contribution in [0.25, 0.3) is 0 Å². The Morgan fingerprint density at radius 2 is 1.89 bits per heavy atom. The molecule has 0 unspecified atom stereocenters. The number of piperazine rings is 1. The fourth-order valence-electron chi connectivity index (χ4n) is 3.44. The van der Waals surface area contributed by atoms with Crippen LogP contribution in [0, 0.1) is 5.82 Å². The van der Waals surface area contributed by atoms with E-state index in [4.69, 9.17) is 4.74 Å². The summed E-state index contributed by atoms with van der Waals surface area (Å²) in [5, 5.41) is 11.1. The zero-order valence-corrected chi connectivity index (χ0v) is 17.3. The molecule has 154 valence electrons. The van der Waals surface area contributed by atoms with Gasteiger partial charge in [0.05, 0.1) is 17.2 Å². The molecule has 0 spiro atoms. The summed E-state index contributed by atoms with van der Waals surface area (Å²) >= 11 is 1.03. The molecule has 1 aromatic heterocycles. The van der Waals surface area contributed by atoms with Crippen LogP contribution >= 0.6 is 11.3 Å². The van der Waals surface area contributed by atoms with Crippen molar-refractivity contribution >= 4 is 17.0 Å². The highest BCUT2D eigenvalue weighted by Crippen LogP contribution is 2.31. The van der Waals surface area contributed by atoms with Crippen LogP contribution in [-0.2, 0) is 6.54 Å². The highest BCUT2D eigenvalue weighted by Gasteiger charge is 2.20. The van der Waals surface area contributed by atoms with Gasteiger partial charge in [0.2, 0.25) is 5.88 Å². The predicted octanol–water partition coefficient (Wildman–Crippen LogP) is 3.14. The normalized spacial score (nSPS) is 15.4. The number of nitrogens with zero attached hydrogens (tertiary/aromatic N) is 3. The van der Waals surface area contributed by atoms with E-state index >= 15 is 0 Å². The first-order chi connectivity index (χ1) is 13.4. The molecule has 1 aromatic carbocycles. The largest absolute Gasteiger partial charge is 0.494 e. The average molecular weight is 410 g/mol. The molecular weight excluding hydrogens is 381 g/mol. The smallest absolute Gasteiger partial charge is 0.309 e. The average Bonchev–Trinajstić information content (AvgIpc) is 2.97. The summed E-state index contributed by atoms with van der Waals surface area (Å²) in [7, 11) is 0. The van der Waals surface area contributed by atoms with Crippen molar-refractivity contribution < 1.29 is 14.2 Å². The first-order valence-corrected chi connectivity index (χ1v) is 10.6. The highest BCUT2D eigenvalue weighted by molar-refractivity contribution is 7.07. The second-order valence-corrected chi connectivity index (χ2v) is 8.15. The van der Waals surface area contributed by atoms with Crippen LogP contribution < -0.4 is 14.5 Å². The molecule has 3 rings (SSSR count). The van der Waals surface area contributed by atoms with Gasteiger partial charge in [0.1, 0.15) is 11.6 Å². The lowest BCUT2D eigenvalue weighted by molar-refractivity contribution is 0.235. The van der Waals surface area contributed by atoms with E-state index in [0.717, 1.165) is 62.6 Å². The van der Waals surface area contributed by atoms with Crippen LogP contribution in [0.3, 0.4) is 0 Å². The van der Waals surface area contributed by atoms with Gasteiger partial charge in [-0.15, -0.1) is 0 Å². The third-order valence-corrected chi connectivity index (χ3v) is 5.62. The second kappa shape index (κ2) is 9.43. The Hall–Kier alpha value is -2.06. The van der Waals surface area contributed by atoms with Crippen molar-refractivity contribution in [2.75, 3.05) is 37.6 Å². The predicted molar refractivity (Wildman–Crippen MR) is 110 cm³/mol. The number of aromatic hydroxyl groups is 1. The molecule has 1 saturated heterocycles. The molecule has 0 radical (unpaired) electrons. The van der Waals surface area contributed by atoms with Crippen LogP contribution in [0.15, 0.2) is 28.4 Å². The summed E-state index contributed by atoms with van der Waals surface area (Å²) in [6, 6.07) is 4.74. The number of anilines is 1. The number of thiazole rings is 1. The zero-order valence-electron chi connectivity index (χ0n) is 16.4. The van der Waals surface area contributed by atoms with Crippen molar-refractivity contribution in [1.82, 2.24) is 9.47 Å². The summed E-state index contributed by atoms with van der Waals surface area (Å²) in [5.74, 6) is 0.376. The second-order valence-electron chi connectivity index (χ2n) is 7.33. The van der Waals surface area contributed by atoms with Gasteiger partial charge in [-0.05, 0) is 45.4 Å². The third kappa shape index (κ3) is 5.26. The topological polar surface area (TPSA) is 57.9 Å². The molecule has 0 aliphatic carbocycles. The van der Waals surface area contributed by atoms with Crippen LogP contribution in [0.2, 0.25) is 0 Å². The lowest BCUT2D eigenvalue weighted by atomic mass is 10.2. The summed E-state index contributed by atoms with van der Waals surface area (Å²) < 4.78 is 20.8. The summed E-state index contributed by atoms with van der Waals surface area (Å²) in [4.78, 5) is 16.1. The maximum absolute atomic E-state index is 13.6. The van der Waals surface area contributed by atoms with E-state index in [9.17, 15) is 14.3 Å². The van der Waals surface area contributed by atoms with Gasteiger partial charge in [-0.1, -0.05) is 11.3 Å². The van der Waals surface area contributed by atoms with Crippen molar-refractivity contribution in [2.24, 2.45) is 0 Å². The lowest BCUT2D eigenvalue weighted by Crippen LogP contribution is -2.46. The third-order valence-electron chi connectivity index (χ3n) is 4.87. The van der Waals surface area contributed by atoms with E-state index in [2.05, 4.69) is 9.80 Å². The van der Waals surface area contributed by atoms with E-state index in [1.54, 1.807) is 6.07 Å². The fourth-order valence-corrected chi connectivity index (χ4v) is 4.09. The van der Waals surface area contributed by atoms with E-state index in [1.165, 1.54) is 22.1 Å². The fraction of sp³-hybridized carbons (Fsp3) is 0.550. The molecule has 1 fully saturated rings. The standard InChI is InChI=1S/C20H28FN3O3S/c1-15(2)27-18-13-16(21)5-6-17(18)23-11-9-22(10-12-23)7-3-4-8-24-19(25)14-28-20(24)26/h5-6,13-15,25H,3-4,7-12H2,1-2H3. The van der Waals surface area contributed by atoms with Crippen LogP contribution in [-0.4, -0.2) is 53.4 Å². The highest BCUT2D eigenvalue weighted by atomic mass is 32.1. The van der Waals surface area contributed by atoms with Gasteiger partial charge in [-0.25, -0.2) is 4.39 Å². The van der Waals surface area contributed by atoms with E-state index in [1.807, 2.05) is 13.8 Å². The number of benzene rings is 1. The molecule has 2 aromatic rings. The van der Waals surface area contributed by atoms with Crippen molar-refractivity contribution in [3.8, 4) is 11.6 Å². The minimum atomic E-state index is -0.284. The summed E-state index contributed by atoms with van der Waals surface area (Å²) in [5.41, 5.74) is 0.946. The Morgan fingerprint density at radius 1 is 1.18 bits per heavy atom. The van der Waals surface area contributed by atoms with Crippen LogP contribution in [0.4, 0.5) is 10.1 Å². The number of hydrogen-bond donors (Lipinski definition) is 1. The molecule has 0 atom stereocenters. The van der Waals surface area contributed by atoms with Gasteiger partial charge in [-0.3, -0.25) is 14.3 Å². The molecular formula is C20H28FN3O3S. The van der Waals surface area contributed by atoms with Crippen molar-refractivity contribution in [2.45, 2.75) is 39.3 Å². The molecule has 6 nitrogen and oxygen atoms in total. The Labute approximate surface area is 168 Å². The minimum Gasteiger partial charge on any atom is -0.494 e. The van der Waals surface area contributed by atoms with Gasteiger partial charge < -0.3 is 14.7 Å². The minimum absolute atomic E-state index is 0.00277. The van der Waals surface area contributed by atoms with E-state index < -0.39 is 0 Å². The number of unbranched alkanes of at least 4 members (excludes halogenated alkanes) is 1. The van der Waals surface area contributed by atoms with Crippen LogP contribution in [0.5, 0.6) is 11.6 Å². The number of rotatable bonds is 8. The molecule has 8 heteroatoms. The first kappa shape index (κ1) is 20.7. The molecule has 0 amide bonds. The maximum Gasteiger partial charge on any atom is 0.309 e. The Morgan fingerprint density at radius 3 is 2.54 bits per heavy atom. The van der Waals surface area contributed by atoms with Gasteiger partial charge in [-0.2, -0.15) is 0 Å². The summed E-state index contributed by atoms with van der Waals surface area (Å²) in [6.07, 6.45) is 1.83. The van der Waals surface area contributed by atoms with E-state index in [-0.39, 0.29) is 22.7 Å². The molecule has 0 bridgehead atoms. The maximum atomic E-state index is 13.6. The van der Waals surface area contributed by atoms with Crippen molar-refractivity contribution in [3.63, 3.8) is 0 Å². The van der Waals surface area contributed by atoms with Crippen molar-refractivity contribution in [1.29, 1.82) is 0 Å². The monoisotopic (exact) mass is 409 g/mol.